The molecule has 1 heterocycles. The van der Waals surface area contributed by atoms with Crippen molar-refractivity contribution in [2.45, 2.75) is 37.8 Å². The van der Waals surface area contributed by atoms with Crippen molar-refractivity contribution in [1.29, 1.82) is 0 Å². The maximum Gasteiger partial charge on any atom is 0.151 e. The second kappa shape index (κ2) is 6.05. The Balaban J connectivity index is 2.04. The molecule has 1 aliphatic rings. The molecule has 2 unspecified atom stereocenters. The van der Waals surface area contributed by atoms with Gasteiger partial charge in [-0.1, -0.05) is 0 Å². The van der Waals surface area contributed by atoms with E-state index in [2.05, 4.69) is 16.4 Å². The van der Waals surface area contributed by atoms with E-state index in [1.165, 1.54) is 19.3 Å². The molecule has 0 spiro atoms. The van der Waals surface area contributed by atoms with Crippen molar-refractivity contribution in [2.24, 2.45) is 0 Å². The van der Waals surface area contributed by atoms with Crippen molar-refractivity contribution in [3.63, 3.8) is 0 Å². The molecule has 2 atom stereocenters. The van der Waals surface area contributed by atoms with Gasteiger partial charge < -0.3 is 15.0 Å². The highest BCUT2D eigenvalue weighted by Crippen LogP contribution is 2.27. The second-order valence-electron chi connectivity index (χ2n) is 5.13. The van der Waals surface area contributed by atoms with E-state index < -0.39 is 0 Å². The molecule has 1 aromatic rings. The molecule has 1 fully saturated rings. The van der Waals surface area contributed by atoms with Crippen LogP contribution in [-0.2, 0) is 4.74 Å². The summed E-state index contributed by atoms with van der Waals surface area (Å²) in [5.74, 6) is 0.997. The largest absolute Gasteiger partial charge is 0.381 e. The molecular weight excluding hydrogens is 226 g/mol. The first-order valence-corrected chi connectivity index (χ1v) is 6.62. The van der Waals surface area contributed by atoms with Gasteiger partial charge in [-0.3, -0.25) is 0 Å². The Labute approximate surface area is 109 Å². The average Bonchev–Trinajstić information content (AvgIpc) is 2.39. The molecule has 1 aromatic heterocycles. The number of nitrogens with one attached hydrogen (secondary N) is 1. The average molecular weight is 249 g/mol. The number of methoxy groups -OCH3 is 1. The van der Waals surface area contributed by atoms with Crippen molar-refractivity contribution >= 4 is 11.5 Å². The van der Waals surface area contributed by atoms with Crippen LogP contribution in [-0.4, -0.2) is 38.3 Å². The van der Waals surface area contributed by atoms with Crippen LogP contribution in [0.1, 0.15) is 25.7 Å². The lowest BCUT2D eigenvalue weighted by molar-refractivity contribution is 0.0669. The fourth-order valence-corrected chi connectivity index (χ4v) is 2.58. The molecule has 0 aromatic carbocycles. The molecule has 4 heteroatoms. The van der Waals surface area contributed by atoms with Crippen LogP contribution in [0.2, 0.25) is 0 Å². The Kier molecular flexibility index (Phi) is 4.42. The van der Waals surface area contributed by atoms with Crippen molar-refractivity contribution < 1.29 is 4.74 Å². The first-order chi connectivity index (χ1) is 8.70. The van der Waals surface area contributed by atoms with Gasteiger partial charge in [0.15, 0.2) is 5.82 Å². The Morgan fingerprint density at radius 2 is 2.22 bits per heavy atom. The van der Waals surface area contributed by atoms with E-state index >= 15 is 0 Å². The van der Waals surface area contributed by atoms with Gasteiger partial charge in [0.05, 0.1) is 11.8 Å². The minimum atomic E-state index is 0.399. The van der Waals surface area contributed by atoms with E-state index in [-0.39, 0.29) is 0 Å². The maximum absolute atomic E-state index is 5.47. The van der Waals surface area contributed by atoms with E-state index in [4.69, 9.17) is 4.74 Å². The van der Waals surface area contributed by atoms with Gasteiger partial charge in [0.25, 0.3) is 0 Å². The summed E-state index contributed by atoms with van der Waals surface area (Å²) in [5, 5.41) is 3.61. The summed E-state index contributed by atoms with van der Waals surface area (Å²) >= 11 is 0. The number of rotatable bonds is 4. The zero-order valence-electron chi connectivity index (χ0n) is 11.5. The second-order valence-corrected chi connectivity index (χ2v) is 5.13. The highest BCUT2D eigenvalue weighted by Gasteiger charge is 2.22. The Bertz CT molecular complexity index is 381. The van der Waals surface area contributed by atoms with Gasteiger partial charge in [-0.25, -0.2) is 4.98 Å². The van der Waals surface area contributed by atoms with E-state index in [9.17, 15) is 0 Å². The summed E-state index contributed by atoms with van der Waals surface area (Å²) in [6, 6.07) is 4.57. The van der Waals surface area contributed by atoms with Crippen LogP contribution in [0.5, 0.6) is 0 Å². The van der Waals surface area contributed by atoms with Crippen molar-refractivity contribution in [3.05, 3.63) is 18.3 Å². The predicted molar refractivity (Wildman–Crippen MR) is 75.2 cm³/mol. The van der Waals surface area contributed by atoms with Gasteiger partial charge in [0.2, 0.25) is 0 Å². The number of anilines is 2. The van der Waals surface area contributed by atoms with Gasteiger partial charge in [0, 0.05) is 33.4 Å². The Morgan fingerprint density at radius 3 is 2.94 bits per heavy atom. The molecule has 1 N–H and O–H groups in total. The topological polar surface area (TPSA) is 37.4 Å². The van der Waals surface area contributed by atoms with Crippen molar-refractivity contribution in [3.8, 4) is 0 Å². The Morgan fingerprint density at radius 1 is 1.39 bits per heavy atom. The van der Waals surface area contributed by atoms with Crippen LogP contribution in [0, 0.1) is 0 Å². The smallest absolute Gasteiger partial charge is 0.151 e. The van der Waals surface area contributed by atoms with Gasteiger partial charge >= 0.3 is 0 Å². The van der Waals surface area contributed by atoms with Crippen LogP contribution in [0.4, 0.5) is 11.5 Å². The molecule has 1 aliphatic carbocycles. The standard InChI is InChI=1S/C14H23N3O/c1-17(2)14-13(8-5-9-15-14)16-11-6-4-7-12(10-11)18-3/h5,8-9,11-12,16H,4,6-7,10H2,1-3H3. The third-order valence-corrected chi connectivity index (χ3v) is 3.53. The Hall–Kier alpha value is -1.29. The first-order valence-electron chi connectivity index (χ1n) is 6.62. The van der Waals surface area contributed by atoms with Gasteiger partial charge in [-0.2, -0.15) is 0 Å². The fourth-order valence-electron chi connectivity index (χ4n) is 2.58. The minimum absolute atomic E-state index is 0.399. The quantitative estimate of drug-likeness (QED) is 0.889. The summed E-state index contributed by atoms with van der Waals surface area (Å²) in [4.78, 5) is 6.46. The van der Waals surface area contributed by atoms with Crippen LogP contribution in [0.15, 0.2) is 18.3 Å². The molecule has 0 amide bonds. The molecule has 0 saturated heterocycles. The number of nitrogens with zero attached hydrogens (tertiary/aromatic N) is 2. The fraction of sp³-hybridized carbons (Fsp3) is 0.643. The molecule has 4 nitrogen and oxygen atoms in total. The highest BCUT2D eigenvalue weighted by atomic mass is 16.5. The van der Waals surface area contributed by atoms with Gasteiger partial charge in [-0.05, 0) is 37.8 Å². The molecule has 0 bridgehead atoms. The number of aromatic nitrogens is 1. The van der Waals surface area contributed by atoms with Crippen LogP contribution in [0.25, 0.3) is 0 Å². The lowest BCUT2D eigenvalue weighted by atomic mass is 9.92. The summed E-state index contributed by atoms with van der Waals surface area (Å²) < 4.78 is 5.47. The third-order valence-electron chi connectivity index (χ3n) is 3.53. The summed E-state index contributed by atoms with van der Waals surface area (Å²) in [7, 11) is 5.85. The number of pyridine rings is 1. The number of hydrogen-bond acceptors (Lipinski definition) is 4. The normalized spacial score (nSPS) is 23.7. The zero-order valence-corrected chi connectivity index (χ0v) is 11.5. The van der Waals surface area contributed by atoms with E-state index in [0.717, 1.165) is 17.9 Å². The SMILES string of the molecule is COC1CCCC(Nc2cccnc2N(C)C)C1. The summed E-state index contributed by atoms with van der Waals surface area (Å²) in [5.41, 5.74) is 1.12. The molecule has 0 aliphatic heterocycles. The van der Waals surface area contributed by atoms with E-state index in [1.54, 1.807) is 0 Å². The summed E-state index contributed by atoms with van der Waals surface area (Å²) in [6.45, 7) is 0. The third kappa shape index (κ3) is 3.13. The van der Waals surface area contributed by atoms with Crippen molar-refractivity contribution in [2.75, 3.05) is 31.4 Å². The first kappa shape index (κ1) is 13.1. The molecule has 18 heavy (non-hydrogen) atoms. The molecule has 2 rings (SSSR count). The number of hydrogen-bond donors (Lipinski definition) is 1. The van der Waals surface area contributed by atoms with Crippen LogP contribution >= 0.6 is 0 Å². The lowest BCUT2D eigenvalue weighted by Gasteiger charge is -2.30. The van der Waals surface area contributed by atoms with E-state index in [0.29, 0.717) is 12.1 Å². The van der Waals surface area contributed by atoms with E-state index in [1.807, 2.05) is 38.4 Å². The molecule has 100 valence electrons. The molecule has 1 saturated carbocycles. The molecule has 0 radical (unpaired) electrons. The van der Waals surface area contributed by atoms with Crippen LogP contribution in [0.3, 0.4) is 0 Å². The number of ether oxygens (including phenoxy) is 1. The highest BCUT2D eigenvalue weighted by molar-refractivity contribution is 5.65. The van der Waals surface area contributed by atoms with Crippen LogP contribution < -0.4 is 10.2 Å². The predicted octanol–water partition coefficient (Wildman–Crippen LogP) is 2.52. The monoisotopic (exact) mass is 249 g/mol. The van der Waals surface area contributed by atoms with Gasteiger partial charge in [-0.15, -0.1) is 0 Å². The van der Waals surface area contributed by atoms with Gasteiger partial charge in [0.1, 0.15) is 0 Å². The summed E-state index contributed by atoms with van der Waals surface area (Å²) in [6.07, 6.45) is 6.94. The zero-order chi connectivity index (χ0) is 13.0. The maximum atomic E-state index is 5.47. The lowest BCUT2D eigenvalue weighted by Crippen LogP contribution is -2.31. The minimum Gasteiger partial charge on any atom is -0.381 e. The molecular formula is C14H23N3O. The van der Waals surface area contributed by atoms with Crippen molar-refractivity contribution in [1.82, 2.24) is 4.98 Å².